The van der Waals surface area contributed by atoms with E-state index in [1.54, 1.807) is 0 Å². The van der Waals surface area contributed by atoms with Gasteiger partial charge >= 0.3 is 5.69 Å². The van der Waals surface area contributed by atoms with Gasteiger partial charge < -0.3 is 5.11 Å². The average molecular weight is 296 g/mol. The van der Waals surface area contributed by atoms with E-state index in [0.717, 1.165) is 18.2 Å². The molecule has 2 rings (SSSR count). The number of nitro benzene ring substituents is 1. The van der Waals surface area contributed by atoms with E-state index in [0.29, 0.717) is 0 Å². The predicted molar refractivity (Wildman–Crippen MR) is 67.6 cm³/mol. The molecule has 0 aliphatic rings. The van der Waals surface area contributed by atoms with E-state index in [4.69, 9.17) is 0 Å². The van der Waals surface area contributed by atoms with Crippen molar-refractivity contribution in [3.8, 4) is 5.75 Å². The van der Waals surface area contributed by atoms with Crippen LogP contribution < -0.4 is 4.72 Å². The van der Waals surface area contributed by atoms with E-state index in [1.165, 1.54) is 18.5 Å². The highest BCUT2D eigenvalue weighted by molar-refractivity contribution is 7.92. The van der Waals surface area contributed by atoms with Gasteiger partial charge in [0.05, 0.1) is 9.82 Å². The zero-order valence-corrected chi connectivity index (χ0v) is 10.6. The monoisotopic (exact) mass is 296 g/mol. The molecule has 0 atom stereocenters. The van der Waals surface area contributed by atoms with Gasteiger partial charge in [-0.1, -0.05) is 0 Å². The Bertz CT molecular complexity index is 747. The highest BCUT2D eigenvalue weighted by Crippen LogP contribution is 2.28. The zero-order valence-electron chi connectivity index (χ0n) is 9.79. The largest absolute Gasteiger partial charge is 0.502 e. The van der Waals surface area contributed by atoms with Gasteiger partial charge in [0.2, 0.25) is 5.95 Å². The molecular weight excluding hydrogens is 288 g/mol. The van der Waals surface area contributed by atoms with Crippen molar-refractivity contribution < 1.29 is 18.4 Å². The average Bonchev–Trinajstić information content (AvgIpc) is 2.39. The third-order valence-electron chi connectivity index (χ3n) is 2.25. The number of nitrogens with zero attached hydrogens (tertiary/aromatic N) is 3. The molecule has 0 unspecified atom stereocenters. The minimum Gasteiger partial charge on any atom is -0.502 e. The Labute approximate surface area is 113 Å². The normalized spacial score (nSPS) is 11.0. The van der Waals surface area contributed by atoms with E-state index < -0.39 is 26.4 Å². The summed E-state index contributed by atoms with van der Waals surface area (Å²) in [6, 6.07) is 4.22. The van der Waals surface area contributed by atoms with Gasteiger partial charge in [0.15, 0.2) is 5.75 Å². The fourth-order valence-corrected chi connectivity index (χ4v) is 2.33. The lowest BCUT2D eigenvalue weighted by molar-refractivity contribution is -0.386. The summed E-state index contributed by atoms with van der Waals surface area (Å²) < 4.78 is 26.1. The number of hydrogen-bond donors (Lipinski definition) is 2. The highest BCUT2D eigenvalue weighted by atomic mass is 32.2. The van der Waals surface area contributed by atoms with Crippen LogP contribution in [0.4, 0.5) is 11.6 Å². The maximum atomic E-state index is 12.0. The molecule has 0 spiro atoms. The summed E-state index contributed by atoms with van der Waals surface area (Å²) in [5, 5.41) is 19.9. The maximum absolute atomic E-state index is 12.0. The second-order valence-electron chi connectivity index (χ2n) is 3.59. The molecule has 1 aromatic carbocycles. The number of phenolic OH excluding ortho intramolecular Hbond substituents is 1. The minimum atomic E-state index is -4.08. The zero-order chi connectivity index (χ0) is 14.8. The van der Waals surface area contributed by atoms with Crippen LogP contribution in [0.2, 0.25) is 0 Å². The number of benzene rings is 1. The first-order chi connectivity index (χ1) is 9.40. The van der Waals surface area contributed by atoms with Crippen molar-refractivity contribution in [3.05, 3.63) is 46.8 Å². The minimum absolute atomic E-state index is 0.164. The Kier molecular flexibility index (Phi) is 3.48. The molecule has 0 aliphatic heterocycles. The van der Waals surface area contributed by atoms with Crippen LogP contribution in [-0.2, 0) is 10.0 Å². The first-order valence-electron chi connectivity index (χ1n) is 5.17. The number of phenols is 1. The lowest BCUT2D eigenvalue weighted by Gasteiger charge is -2.06. The molecule has 1 heterocycles. The maximum Gasteiger partial charge on any atom is 0.312 e. The van der Waals surface area contributed by atoms with Crippen LogP contribution in [0.3, 0.4) is 0 Å². The smallest absolute Gasteiger partial charge is 0.312 e. The molecule has 1 aromatic heterocycles. The molecule has 0 fully saturated rings. The van der Waals surface area contributed by atoms with Gasteiger partial charge in [-0.05, 0) is 18.2 Å². The number of rotatable bonds is 4. The van der Waals surface area contributed by atoms with E-state index in [-0.39, 0.29) is 10.8 Å². The highest BCUT2D eigenvalue weighted by Gasteiger charge is 2.21. The van der Waals surface area contributed by atoms with Crippen molar-refractivity contribution in [3.63, 3.8) is 0 Å². The summed E-state index contributed by atoms with van der Waals surface area (Å²) in [6.07, 6.45) is 2.67. The number of nitrogens with one attached hydrogen (secondary N) is 1. The molecule has 0 radical (unpaired) electrons. The van der Waals surface area contributed by atoms with E-state index in [2.05, 4.69) is 14.7 Å². The van der Waals surface area contributed by atoms with Gasteiger partial charge in [-0.25, -0.2) is 23.1 Å². The Balaban J connectivity index is 2.40. The molecule has 0 amide bonds. The van der Waals surface area contributed by atoms with E-state index >= 15 is 0 Å². The quantitative estimate of drug-likeness (QED) is 0.631. The summed E-state index contributed by atoms with van der Waals surface area (Å²) in [5.74, 6) is -0.784. The summed E-state index contributed by atoms with van der Waals surface area (Å²) in [7, 11) is -4.08. The molecule has 0 saturated heterocycles. The first-order valence-corrected chi connectivity index (χ1v) is 6.66. The second kappa shape index (κ2) is 5.09. The lowest BCUT2D eigenvalue weighted by atomic mass is 10.3. The molecule has 20 heavy (non-hydrogen) atoms. The lowest BCUT2D eigenvalue weighted by Crippen LogP contribution is -2.15. The van der Waals surface area contributed by atoms with Crippen LogP contribution in [0.1, 0.15) is 0 Å². The fraction of sp³-hybridized carbons (Fsp3) is 0. The van der Waals surface area contributed by atoms with Crippen LogP contribution in [0, 0.1) is 10.1 Å². The topological polar surface area (TPSA) is 135 Å². The summed E-state index contributed by atoms with van der Waals surface area (Å²) in [4.78, 5) is 16.8. The van der Waals surface area contributed by atoms with Gasteiger partial charge in [0.25, 0.3) is 10.0 Å². The molecule has 10 heteroatoms. The standard InChI is InChI=1S/C10H8N4O5S/c15-9-3-2-7(6-8(9)14(16)17)20(18,19)13-10-11-4-1-5-12-10/h1-6,15H,(H,11,12,13). The Hall–Kier alpha value is -2.75. The fourth-order valence-electron chi connectivity index (χ4n) is 1.35. The van der Waals surface area contributed by atoms with Gasteiger partial charge in [0.1, 0.15) is 0 Å². The number of sulfonamides is 1. The molecule has 9 nitrogen and oxygen atoms in total. The molecule has 0 aliphatic carbocycles. The van der Waals surface area contributed by atoms with Gasteiger partial charge in [-0.2, -0.15) is 0 Å². The Morgan fingerprint density at radius 1 is 1.25 bits per heavy atom. The van der Waals surface area contributed by atoms with Crippen molar-refractivity contribution >= 4 is 21.7 Å². The summed E-state index contributed by atoms with van der Waals surface area (Å²) in [6.45, 7) is 0. The van der Waals surface area contributed by atoms with Crippen LogP contribution in [-0.4, -0.2) is 28.4 Å². The summed E-state index contributed by atoms with van der Waals surface area (Å²) in [5.41, 5.74) is -0.707. The van der Waals surface area contributed by atoms with Crippen LogP contribution in [0.15, 0.2) is 41.6 Å². The molecule has 0 saturated carbocycles. The van der Waals surface area contributed by atoms with E-state index in [9.17, 15) is 23.6 Å². The van der Waals surface area contributed by atoms with E-state index in [1.807, 2.05) is 0 Å². The van der Waals surface area contributed by atoms with Crippen molar-refractivity contribution in [2.24, 2.45) is 0 Å². The van der Waals surface area contributed by atoms with Gasteiger partial charge in [-0.15, -0.1) is 0 Å². The third-order valence-corrected chi connectivity index (χ3v) is 3.57. The number of aromatic nitrogens is 2. The van der Waals surface area contributed by atoms with Crippen molar-refractivity contribution in [1.29, 1.82) is 0 Å². The SMILES string of the molecule is O=[N+]([O-])c1cc(S(=O)(=O)Nc2ncccn2)ccc1O. The van der Waals surface area contributed by atoms with Crippen molar-refractivity contribution in [2.75, 3.05) is 4.72 Å². The molecular formula is C10H8N4O5S. The number of nitro groups is 1. The van der Waals surface area contributed by atoms with Crippen molar-refractivity contribution in [2.45, 2.75) is 4.90 Å². The Morgan fingerprint density at radius 2 is 1.90 bits per heavy atom. The molecule has 2 aromatic rings. The van der Waals surface area contributed by atoms with Crippen molar-refractivity contribution in [1.82, 2.24) is 9.97 Å². The first kappa shape index (κ1) is 13.7. The van der Waals surface area contributed by atoms with Gasteiger partial charge in [0, 0.05) is 18.5 Å². The number of anilines is 1. The second-order valence-corrected chi connectivity index (χ2v) is 5.27. The third kappa shape index (κ3) is 2.80. The molecule has 104 valence electrons. The predicted octanol–water partition coefficient (Wildman–Crippen LogP) is 0.891. The molecule has 0 bridgehead atoms. The number of hydrogen-bond acceptors (Lipinski definition) is 7. The van der Waals surface area contributed by atoms with Crippen LogP contribution >= 0.6 is 0 Å². The molecule has 2 N–H and O–H groups in total. The number of aromatic hydroxyl groups is 1. The Morgan fingerprint density at radius 3 is 2.50 bits per heavy atom. The summed E-state index contributed by atoms with van der Waals surface area (Å²) >= 11 is 0. The van der Waals surface area contributed by atoms with Crippen LogP contribution in [0.25, 0.3) is 0 Å². The van der Waals surface area contributed by atoms with Crippen LogP contribution in [0.5, 0.6) is 5.75 Å². The van der Waals surface area contributed by atoms with Gasteiger partial charge in [-0.3, -0.25) is 10.1 Å².